The van der Waals surface area contributed by atoms with E-state index in [0.717, 1.165) is 18.5 Å². The summed E-state index contributed by atoms with van der Waals surface area (Å²) in [6.07, 6.45) is 8.17. The number of rotatable bonds is 6. The number of allylic oxidation sites excluding steroid dienone is 1. The second-order valence-corrected chi connectivity index (χ2v) is 4.99. The molecule has 1 atom stereocenters. The molecule has 0 fully saturated rings. The molecule has 3 nitrogen and oxygen atoms in total. The van der Waals surface area contributed by atoms with Gasteiger partial charge in [0.25, 0.3) is 0 Å². The van der Waals surface area contributed by atoms with Crippen molar-refractivity contribution >= 4 is 5.97 Å². The summed E-state index contributed by atoms with van der Waals surface area (Å²) in [5.74, 6) is -0.816. The zero-order chi connectivity index (χ0) is 13.5. The highest BCUT2D eigenvalue weighted by molar-refractivity contribution is 5.75. The second-order valence-electron chi connectivity index (χ2n) is 4.99. The number of nitrogens with one attached hydrogen (secondary N) is 1. The van der Waals surface area contributed by atoms with E-state index in [1.54, 1.807) is 0 Å². The summed E-state index contributed by atoms with van der Waals surface area (Å²) < 4.78 is 0. The van der Waals surface area contributed by atoms with Gasteiger partial charge >= 0.3 is 5.97 Å². The van der Waals surface area contributed by atoms with E-state index in [2.05, 4.69) is 11.4 Å². The van der Waals surface area contributed by atoms with Gasteiger partial charge in [-0.1, -0.05) is 42.0 Å². The summed E-state index contributed by atoms with van der Waals surface area (Å²) in [6.45, 7) is 0.720. The quantitative estimate of drug-likeness (QED) is 0.771. The van der Waals surface area contributed by atoms with Crippen LogP contribution in [0.1, 0.15) is 43.7 Å². The van der Waals surface area contributed by atoms with Crippen LogP contribution in [-0.4, -0.2) is 17.6 Å². The Kier molecular flexibility index (Phi) is 5.16. The molecular weight excluding hydrogens is 238 g/mol. The molecule has 0 amide bonds. The van der Waals surface area contributed by atoms with Gasteiger partial charge < -0.3 is 10.4 Å². The van der Waals surface area contributed by atoms with Crippen LogP contribution in [0.5, 0.6) is 0 Å². The molecule has 0 aliphatic heterocycles. The molecule has 3 heteroatoms. The fourth-order valence-electron chi connectivity index (χ4n) is 2.50. The molecule has 0 spiro atoms. The van der Waals surface area contributed by atoms with Crippen molar-refractivity contribution < 1.29 is 9.90 Å². The summed E-state index contributed by atoms with van der Waals surface area (Å²) in [7, 11) is 0. The van der Waals surface area contributed by atoms with Gasteiger partial charge in [0.1, 0.15) is 6.04 Å². The molecule has 0 heterocycles. The molecule has 0 saturated heterocycles. The normalized spacial score (nSPS) is 16.7. The first-order valence-corrected chi connectivity index (χ1v) is 6.96. The highest BCUT2D eigenvalue weighted by atomic mass is 16.4. The van der Waals surface area contributed by atoms with Crippen LogP contribution in [0.2, 0.25) is 0 Å². The lowest BCUT2D eigenvalue weighted by molar-refractivity contribution is -0.139. The first-order valence-electron chi connectivity index (χ1n) is 6.96. The van der Waals surface area contributed by atoms with Crippen molar-refractivity contribution in [2.45, 2.75) is 38.1 Å². The van der Waals surface area contributed by atoms with E-state index in [-0.39, 0.29) is 0 Å². The Morgan fingerprint density at radius 1 is 1.26 bits per heavy atom. The molecule has 0 bridgehead atoms. The van der Waals surface area contributed by atoms with Gasteiger partial charge in [-0.15, -0.1) is 0 Å². The third-order valence-corrected chi connectivity index (χ3v) is 3.56. The fourth-order valence-corrected chi connectivity index (χ4v) is 2.50. The van der Waals surface area contributed by atoms with Crippen LogP contribution >= 0.6 is 0 Å². The highest BCUT2D eigenvalue weighted by Crippen LogP contribution is 2.20. The van der Waals surface area contributed by atoms with Crippen LogP contribution in [0.3, 0.4) is 0 Å². The summed E-state index contributed by atoms with van der Waals surface area (Å²) in [4.78, 5) is 11.3. The van der Waals surface area contributed by atoms with Crippen molar-refractivity contribution in [2.75, 3.05) is 6.54 Å². The monoisotopic (exact) mass is 259 g/mol. The fraction of sp³-hybridized carbons (Fsp3) is 0.438. The molecule has 1 aromatic carbocycles. The van der Waals surface area contributed by atoms with Crippen LogP contribution in [0, 0.1) is 0 Å². The summed E-state index contributed by atoms with van der Waals surface area (Å²) in [6, 6.07) is 8.74. The molecule has 1 unspecified atom stereocenters. The Balaban J connectivity index is 1.88. The predicted molar refractivity (Wildman–Crippen MR) is 76.0 cm³/mol. The Morgan fingerprint density at radius 3 is 2.68 bits per heavy atom. The average Bonchev–Trinajstić information content (AvgIpc) is 2.45. The second kappa shape index (κ2) is 7.10. The summed E-state index contributed by atoms with van der Waals surface area (Å²) in [5.41, 5.74) is 2.28. The summed E-state index contributed by atoms with van der Waals surface area (Å²) >= 11 is 0. The molecule has 102 valence electrons. The van der Waals surface area contributed by atoms with Crippen LogP contribution in [0.25, 0.3) is 0 Å². The topological polar surface area (TPSA) is 49.3 Å². The van der Waals surface area contributed by atoms with Gasteiger partial charge in [-0.2, -0.15) is 0 Å². The first-order chi connectivity index (χ1) is 9.27. The molecule has 0 radical (unpaired) electrons. The molecule has 1 aliphatic rings. The van der Waals surface area contributed by atoms with Crippen molar-refractivity contribution in [2.24, 2.45) is 0 Å². The minimum Gasteiger partial charge on any atom is -0.480 e. The lowest BCUT2D eigenvalue weighted by Gasteiger charge is -2.17. The summed E-state index contributed by atoms with van der Waals surface area (Å²) in [5, 5.41) is 12.4. The van der Waals surface area contributed by atoms with Crippen LogP contribution in [-0.2, 0) is 4.79 Å². The Labute approximate surface area is 114 Å². The number of aliphatic carboxylic acids is 1. The van der Waals surface area contributed by atoms with E-state index in [1.165, 1.54) is 31.3 Å². The van der Waals surface area contributed by atoms with Gasteiger partial charge in [0.05, 0.1) is 0 Å². The first kappa shape index (κ1) is 13.8. The Bertz CT molecular complexity index is 439. The molecule has 2 rings (SSSR count). The SMILES string of the molecule is O=C(O)C(NCCC1=CCCCC1)c1ccccc1. The van der Waals surface area contributed by atoms with Crippen molar-refractivity contribution in [3.63, 3.8) is 0 Å². The van der Waals surface area contributed by atoms with Gasteiger partial charge in [0, 0.05) is 0 Å². The third-order valence-electron chi connectivity index (χ3n) is 3.56. The lowest BCUT2D eigenvalue weighted by Crippen LogP contribution is -2.29. The Morgan fingerprint density at radius 2 is 2.05 bits per heavy atom. The maximum absolute atomic E-state index is 11.3. The number of carbonyl (C=O) groups is 1. The molecule has 0 aromatic heterocycles. The average molecular weight is 259 g/mol. The number of benzene rings is 1. The van der Waals surface area contributed by atoms with Crippen LogP contribution in [0.15, 0.2) is 42.0 Å². The van der Waals surface area contributed by atoms with Crippen LogP contribution < -0.4 is 5.32 Å². The molecule has 19 heavy (non-hydrogen) atoms. The molecule has 1 aliphatic carbocycles. The van der Waals surface area contributed by atoms with Gasteiger partial charge in [-0.05, 0) is 44.2 Å². The maximum atomic E-state index is 11.3. The molecule has 1 aromatic rings. The van der Waals surface area contributed by atoms with Crippen molar-refractivity contribution in [1.29, 1.82) is 0 Å². The van der Waals surface area contributed by atoms with E-state index in [0.29, 0.717) is 0 Å². The third kappa shape index (κ3) is 4.21. The Hall–Kier alpha value is -1.61. The van der Waals surface area contributed by atoms with Gasteiger partial charge in [0.15, 0.2) is 0 Å². The number of hydrogen-bond acceptors (Lipinski definition) is 2. The van der Waals surface area contributed by atoms with E-state index >= 15 is 0 Å². The molecule has 2 N–H and O–H groups in total. The zero-order valence-corrected chi connectivity index (χ0v) is 11.1. The predicted octanol–water partition coefficient (Wildman–Crippen LogP) is 3.29. The van der Waals surface area contributed by atoms with E-state index < -0.39 is 12.0 Å². The zero-order valence-electron chi connectivity index (χ0n) is 11.1. The lowest BCUT2D eigenvalue weighted by atomic mass is 9.97. The van der Waals surface area contributed by atoms with Crippen molar-refractivity contribution in [3.05, 3.63) is 47.5 Å². The molecule has 0 saturated carbocycles. The minimum absolute atomic E-state index is 0.606. The smallest absolute Gasteiger partial charge is 0.325 e. The van der Waals surface area contributed by atoms with Crippen molar-refractivity contribution in [1.82, 2.24) is 5.32 Å². The standard InChI is InChI=1S/C16H21NO2/c18-16(19)15(14-9-5-2-6-10-14)17-12-11-13-7-3-1-4-8-13/h2,5-7,9-10,15,17H,1,3-4,8,11-12H2,(H,18,19). The number of hydrogen-bond donors (Lipinski definition) is 2. The number of carboxylic acids is 1. The highest BCUT2D eigenvalue weighted by Gasteiger charge is 2.18. The largest absolute Gasteiger partial charge is 0.480 e. The van der Waals surface area contributed by atoms with Gasteiger partial charge in [-0.25, -0.2) is 0 Å². The van der Waals surface area contributed by atoms with E-state index in [4.69, 9.17) is 0 Å². The minimum atomic E-state index is -0.816. The van der Waals surface area contributed by atoms with E-state index in [1.807, 2.05) is 30.3 Å². The van der Waals surface area contributed by atoms with E-state index in [9.17, 15) is 9.90 Å². The van der Waals surface area contributed by atoms with Gasteiger partial charge in [0.2, 0.25) is 0 Å². The van der Waals surface area contributed by atoms with Crippen molar-refractivity contribution in [3.8, 4) is 0 Å². The van der Waals surface area contributed by atoms with Crippen LogP contribution in [0.4, 0.5) is 0 Å². The number of carboxylic acid groups (broad SMARTS) is 1. The maximum Gasteiger partial charge on any atom is 0.325 e. The molecular formula is C16H21NO2. The van der Waals surface area contributed by atoms with Gasteiger partial charge in [-0.3, -0.25) is 4.79 Å².